The minimum absolute atomic E-state index is 0.00254. The Labute approximate surface area is 160 Å². The van der Waals surface area contributed by atoms with Gasteiger partial charge in [0.1, 0.15) is 0 Å². The lowest BCUT2D eigenvalue weighted by Crippen LogP contribution is -2.08. The minimum Gasteiger partial charge on any atom is -0.489 e. The molecule has 2 aromatic rings. The summed E-state index contributed by atoms with van der Waals surface area (Å²) < 4.78 is 36.5. The van der Waals surface area contributed by atoms with Crippen LogP contribution in [0, 0.1) is 0 Å². The minimum atomic E-state index is -3.33. The highest BCUT2D eigenvalue weighted by Gasteiger charge is 2.19. The summed E-state index contributed by atoms with van der Waals surface area (Å²) in [6, 6.07) is 11.1. The van der Waals surface area contributed by atoms with Crippen molar-refractivity contribution in [3.05, 3.63) is 58.1 Å². The molecule has 0 spiro atoms. The summed E-state index contributed by atoms with van der Waals surface area (Å²) in [5.74, 6) is 1.34. The van der Waals surface area contributed by atoms with E-state index >= 15 is 0 Å². The van der Waals surface area contributed by atoms with Gasteiger partial charge in [0.25, 0.3) is 0 Å². The summed E-state index contributed by atoms with van der Waals surface area (Å²) in [4.78, 5) is 0. The molecule has 2 aromatic carbocycles. The molecule has 3 rings (SSSR count). The van der Waals surface area contributed by atoms with E-state index in [0.29, 0.717) is 41.2 Å². The lowest BCUT2D eigenvalue weighted by Gasteiger charge is -2.12. The van der Waals surface area contributed by atoms with Gasteiger partial charge < -0.3 is 9.47 Å². The Bertz CT molecular complexity index is 873. The third-order valence-corrected chi connectivity index (χ3v) is 6.11. The van der Waals surface area contributed by atoms with Crippen molar-refractivity contribution in [1.29, 1.82) is 0 Å². The summed E-state index contributed by atoms with van der Waals surface area (Å²) in [5, 5.41) is 0.385. The number of fused-ring (bicyclic) bond motifs is 1. The van der Waals surface area contributed by atoms with Gasteiger partial charge in [0.15, 0.2) is 21.3 Å². The first kappa shape index (κ1) is 19.1. The van der Waals surface area contributed by atoms with Crippen molar-refractivity contribution < 1.29 is 17.9 Å². The number of hydrogen-bond donors (Lipinski definition) is 0. The molecule has 0 atom stereocenters. The van der Waals surface area contributed by atoms with E-state index < -0.39 is 9.84 Å². The molecular weight excluding hydrogens is 372 g/mol. The zero-order valence-corrected chi connectivity index (χ0v) is 16.6. The molecule has 0 aromatic heterocycles. The fraction of sp³-hybridized carbons (Fsp3) is 0.400. The van der Waals surface area contributed by atoms with Crippen molar-refractivity contribution in [2.24, 2.45) is 0 Å². The lowest BCUT2D eigenvalue weighted by molar-refractivity contribution is 0.297. The quantitative estimate of drug-likeness (QED) is 0.734. The largest absolute Gasteiger partial charge is 0.489 e. The van der Waals surface area contributed by atoms with Crippen LogP contribution in [-0.4, -0.2) is 21.6 Å². The molecular formula is C20H23ClO4S. The van der Waals surface area contributed by atoms with E-state index in [-0.39, 0.29) is 11.5 Å². The molecule has 1 aliphatic rings. The van der Waals surface area contributed by atoms with Crippen LogP contribution in [0.1, 0.15) is 42.9 Å². The van der Waals surface area contributed by atoms with E-state index in [2.05, 4.69) is 13.8 Å². The fourth-order valence-corrected chi connectivity index (χ4v) is 4.69. The molecule has 0 aliphatic carbocycles. The number of hydrogen-bond acceptors (Lipinski definition) is 4. The van der Waals surface area contributed by atoms with Crippen LogP contribution >= 0.6 is 11.6 Å². The standard InChI is InChI=1S/C20H23ClO4S/c1-14(2)17-6-4-15(5-7-17)12-26(22,23)13-16-10-18(21)20-19(11-16)24-8-3-9-25-20/h4-7,10-11,14H,3,8-9,12-13H2,1-2H3. The molecule has 4 nitrogen and oxygen atoms in total. The second-order valence-corrected chi connectivity index (χ2v) is 9.36. The van der Waals surface area contributed by atoms with Crippen molar-refractivity contribution in [2.45, 2.75) is 37.7 Å². The molecule has 1 aliphatic heterocycles. The van der Waals surface area contributed by atoms with Gasteiger partial charge in [0.2, 0.25) is 0 Å². The molecule has 1 heterocycles. The number of halogens is 1. The highest BCUT2D eigenvalue weighted by atomic mass is 35.5. The van der Waals surface area contributed by atoms with Crippen molar-refractivity contribution >= 4 is 21.4 Å². The maximum absolute atomic E-state index is 12.6. The smallest absolute Gasteiger partial charge is 0.179 e. The summed E-state index contributed by atoms with van der Waals surface area (Å²) in [6.07, 6.45) is 0.769. The third-order valence-electron chi connectivity index (χ3n) is 4.28. The van der Waals surface area contributed by atoms with E-state index in [9.17, 15) is 8.42 Å². The molecule has 0 fully saturated rings. The van der Waals surface area contributed by atoms with Crippen LogP contribution in [-0.2, 0) is 21.3 Å². The number of sulfone groups is 1. The molecule has 0 saturated heterocycles. The van der Waals surface area contributed by atoms with Crippen LogP contribution in [0.15, 0.2) is 36.4 Å². The van der Waals surface area contributed by atoms with Gasteiger partial charge in [-0.2, -0.15) is 0 Å². The van der Waals surface area contributed by atoms with Crippen LogP contribution in [0.4, 0.5) is 0 Å². The second kappa shape index (κ2) is 7.89. The average Bonchev–Trinajstić information content (AvgIpc) is 2.80. The lowest BCUT2D eigenvalue weighted by atomic mass is 10.0. The maximum atomic E-state index is 12.6. The highest BCUT2D eigenvalue weighted by molar-refractivity contribution is 7.89. The van der Waals surface area contributed by atoms with E-state index in [0.717, 1.165) is 12.0 Å². The summed E-state index contributed by atoms with van der Waals surface area (Å²) in [6.45, 7) is 5.29. The van der Waals surface area contributed by atoms with Crippen LogP contribution in [0.3, 0.4) is 0 Å². The van der Waals surface area contributed by atoms with Gasteiger partial charge in [0.05, 0.1) is 29.7 Å². The zero-order valence-electron chi connectivity index (χ0n) is 15.0. The second-order valence-electron chi connectivity index (χ2n) is 6.88. The van der Waals surface area contributed by atoms with Crippen LogP contribution in [0.25, 0.3) is 0 Å². The first-order valence-electron chi connectivity index (χ1n) is 8.71. The number of rotatable bonds is 5. The van der Waals surface area contributed by atoms with Gasteiger partial charge in [-0.25, -0.2) is 8.42 Å². The Kier molecular flexibility index (Phi) is 5.78. The fourth-order valence-electron chi connectivity index (χ4n) is 2.93. The molecule has 140 valence electrons. The molecule has 0 radical (unpaired) electrons. The topological polar surface area (TPSA) is 52.6 Å². The predicted octanol–water partition coefficient (Wildman–Crippen LogP) is 4.74. The molecule has 0 N–H and O–H groups in total. The Morgan fingerprint density at radius 2 is 1.65 bits per heavy atom. The van der Waals surface area contributed by atoms with E-state index in [1.165, 1.54) is 5.56 Å². The zero-order chi connectivity index (χ0) is 18.7. The molecule has 6 heteroatoms. The van der Waals surface area contributed by atoms with Gasteiger partial charge >= 0.3 is 0 Å². The van der Waals surface area contributed by atoms with Gasteiger partial charge in [-0.05, 0) is 34.7 Å². The van der Waals surface area contributed by atoms with E-state index in [1.54, 1.807) is 12.1 Å². The Balaban J connectivity index is 1.77. The van der Waals surface area contributed by atoms with Crippen molar-refractivity contribution in [1.82, 2.24) is 0 Å². The molecule has 0 amide bonds. The Morgan fingerprint density at radius 3 is 2.35 bits per heavy atom. The molecule has 0 unspecified atom stereocenters. The van der Waals surface area contributed by atoms with Gasteiger partial charge in [-0.15, -0.1) is 0 Å². The van der Waals surface area contributed by atoms with E-state index in [4.69, 9.17) is 21.1 Å². The Hall–Kier alpha value is -1.72. The number of ether oxygens (including phenoxy) is 2. The van der Waals surface area contributed by atoms with Crippen molar-refractivity contribution in [3.8, 4) is 11.5 Å². The molecule has 0 bridgehead atoms. The predicted molar refractivity (Wildman–Crippen MR) is 104 cm³/mol. The maximum Gasteiger partial charge on any atom is 0.179 e. The normalized spacial score (nSPS) is 14.3. The SMILES string of the molecule is CC(C)c1ccc(CS(=O)(=O)Cc2cc(Cl)c3c(c2)OCCCO3)cc1. The van der Waals surface area contributed by atoms with Gasteiger partial charge in [-0.1, -0.05) is 49.7 Å². The van der Waals surface area contributed by atoms with E-state index in [1.807, 2.05) is 24.3 Å². The highest BCUT2D eigenvalue weighted by Crippen LogP contribution is 2.38. The monoisotopic (exact) mass is 394 g/mol. The first-order chi connectivity index (χ1) is 12.3. The third kappa shape index (κ3) is 4.71. The van der Waals surface area contributed by atoms with Crippen LogP contribution in [0.2, 0.25) is 5.02 Å². The summed E-state index contributed by atoms with van der Waals surface area (Å²) in [7, 11) is -3.33. The van der Waals surface area contributed by atoms with Gasteiger partial charge in [0, 0.05) is 6.42 Å². The van der Waals surface area contributed by atoms with Crippen LogP contribution in [0.5, 0.6) is 11.5 Å². The average molecular weight is 395 g/mol. The molecule has 0 saturated carbocycles. The summed E-state index contributed by atoms with van der Waals surface area (Å²) in [5.41, 5.74) is 2.59. The first-order valence-corrected chi connectivity index (χ1v) is 10.9. The van der Waals surface area contributed by atoms with Crippen LogP contribution < -0.4 is 9.47 Å². The molecule has 26 heavy (non-hydrogen) atoms. The Morgan fingerprint density at radius 1 is 1.00 bits per heavy atom. The van der Waals surface area contributed by atoms with Gasteiger partial charge in [-0.3, -0.25) is 0 Å². The van der Waals surface area contributed by atoms with Crippen molar-refractivity contribution in [3.63, 3.8) is 0 Å². The summed E-state index contributed by atoms with van der Waals surface area (Å²) >= 11 is 6.26. The number of benzene rings is 2. The van der Waals surface area contributed by atoms with Crippen molar-refractivity contribution in [2.75, 3.05) is 13.2 Å².